The first-order chi connectivity index (χ1) is 7.45. The maximum Gasteiger partial charge on any atom is 0.0794 e. The molecule has 1 aromatic heterocycles. The first kappa shape index (κ1) is 10.8. The summed E-state index contributed by atoms with van der Waals surface area (Å²) < 4.78 is 0. The van der Waals surface area contributed by atoms with Crippen molar-refractivity contribution in [2.24, 2.45) is 0 Å². The maximum absolute atomic E-state index is 4.06. The molecule has 0 atom stereocenters. The summed E-state index contributed by atoms with van der Waals surface area (Å²) in [4.78, 5) is 5.38. The van der Waals surface area contributed by atoms with Gasteiger partial charge in [-0.05, 0) is 38.6 Å². The van der Waals surface area contributed by atoms with E-state index in [2.05, 4.69) is 16.4 Å². The van der Waals surface area contributed by atoms with Crippen molar-refractivity contribution in [1.29, 1.82) is 0 Å². The number of hydrogen-bond donors (Lipinski definition) is 1. The Labute approximate surface area is 95.4 Å². The summed E-state index contributed by atoms with van der Waals surface area (Å²) in [7, 11) is 0. The molecule has 1 N–H and O–H groups in total. The molecule has 0 fully saturated rings. The Morgan fingerprint density at radius 1 is 1.40 bits per heavy atom. The van der Waals surface area contributed by atoms with E-state index in [0.29, 0.717) is 0 Å². The zero-order chi connectivity index (χ0) is 10.3. The summed E-state index contributed by atoms with van der Waals surface area (Å²) in [5.41, 5.74) is 3.54. The number of nitrogens with one attached hydrogen (secondary N) is 1. The minimum Gasteiger partial charge on any atom is -0.311 e. The minimum atomic E-state index is 0.970. The lowest BCUT2D eigenvalue weighted by Crippen LogP contribution is -2.14. The normalized spacial score (nSPS) is 16.4. The SMILES string of the molecule is C1=C(CCNCc2cncs2)CCCC1. The molecule has 0 aliphatic heterocycles. The van der Waals surface area contributed by atoms with Crippen molar-refractivity contribution >= 4 is 11.3 Å². The fourth-order valence-corrected chi connectivity index (χ4v) is 2.49. The van der Waals surface area contributed by atoms with E-state index in [1.165, 1.54) is 37.0 Å². The van der Waals surface area contributed by atoms with Crippen LogP contribution in [0.5, 0.6) is 0 Å². The van der Waals surface area contributed by atoms with Crippen LogP contribution in [0.25, 0.3) is 0 Å². The van der Waals surface area contributed by atoms with Gasteiger partial charge in [0.15, 0.2) is 0 Å². The van der Waals surface area contributed by atoms with Gasteiger partial charge in [0, 0.05) is 17.6 Å². The minimum absolute atomic E-state index is 0.970. The van der Waals surface area contributed by atoms with Gasteiger partial charge in [0.1, 0.15) is 0 Å². The molecule has 0 radical (unpaired) electrons. The third-order valence-corrected chi connectivity index (χ3v) is 3.57. The second-order valence-electron chi connectivity index (χ2n) is 4.00. The van der Waals surface area contributed by atoms with Crippen LogP contribution in [0.3, 0.4) is 0 Å². The van der Waals surface area contributed by atoms with Gasteiger partial charge in [-0.3, -0.25) is 4.98 Å². The van der Waals surface area contributed by atoms with Crippen LogP contribution in [0.1, 0.15) is 37.0 Å². The Morgan fingerprint density at radius 2 is 2.40 bits per heavy atom. The first-order valence-electron chi connectivity index (χ1n) is 5.71. The fraction of sp³-hybridized carbons (Fsp3) is 0.583. The van der Waals surface area contributed by atoms with E-state index in [1.807, 2.05) is 11.7 Å². The summed E-state index contributed by atoms with van der Waals surface area (Å²) in [5, 5.41) is 3.46. The Morgan fingerprint density at radius 3 is 3.13 bits per heavy atom. The summed E-state index contributed by atoms with van der Waals surface area (Å²) in [5.74, 6) is 0. The molecule has 2 rings (SSSR count). The van der Waals surface area contributed by atoms with Crippen molar-refractivity contribution in [3.63, 3.8) is 0 Å². The molecule has 1 heterocycles. The highest BCUT2D eigenvalue weighted by Gasteiger charge is 2.02. The number of aromatic nitrogens is 1. The van der Waals surface area contributed by atoms with Gasteiger partial charge in [-0.15, -0.1) is 11.3 Å². The van der Waals surface area contributed by atoms with Crippen LogP contribution in [0.4, 0.5) is 0 Å². The van der Waals surface area contributed by atoms with Gasteiger partial charge in [0.2, 0.25) is 0 Å². The number of allylic oxidation sites excluding steroid dienone is 1. The van der Waals surface area contributed by atoms with Gasteiger partial charge in [0.05, 0.1) is 5.51 Å². The van der Waals surface area contributed by atoms with Gasteiger partial charge in [-0.1, -0.05) is 11.6 Å². The highest BCUT2D eigenvalue weighted by Crippen LogP contribution is 2.19. The van der Waals surface area contributed by atoms with Gasteiger partial charge in [0.25, 0.3) is 0 Å². The molecule has 1 aromatic rings. The molecule has 0 bridgehead atoms. The van der Waals surface area contributed by atoms with Crippen LogP contribution in [0, 0.1) is 0 Å². The van der Waals surface area contributed by atoms with Gasteiger partial charge in [-0.25, -0.2) is 0 Å². The summed E-state index contributed by atoms with van der Waals surface area (Å²) in [6, 6.07) is 0. The number of rotatable bonds is 5. The lowest BCUT2D eigenvalue weighted by molar-refractivity contribution is 0.634. The van der Waals surface area contributed by atoms with Gasteiger partial charge in [-0.2, -0.15) is 0 Å². The standard InChI is InChI=1S/C12H18N2S/c1-2-4-11(5-3-1)6-7-13-8-12-9-14-10-15-12/h4,9-10,13H,1-3,5-8H2. The zero-order valence-corrected chi connectivity index (χ0v) is 9.85. The van der Waals surface area contributed by atoms with Crippen molar-refractivity contribution < 1.29 is 0 Å². The monoisotopic (exact) mass is 222 g/mol. The molecule has 1 aliphatic rings. The lowest BCUT2D eigenvalue weighted by Gasteiger charge is -2.12. The van der Waals surface area contributed by atoms with Crippen LogP contribution >= 0.6 is 11.3 Å². The van der Waals surface area contributed by atoms with Crippen LogP contribution in [-0.4, -0.2) is 11.5 Å². The quantitative estimate of drug-likeness (QED) is 0.611. The molecule has 0 saturated carbocycles. The highest BCUT2D eigenvalue weighted by atomic mass is 32.1. The van der Waals surface area contributed by atoms with Crippen molar-refractivity contribution in [2.45, 2.75) is 38.6 Å². The average molecular weight is 222 g/mol. The third kappa shape index (κ3) is 3.76. The molecule has 15 heavy (non-hydrogen) atoms. The molecule has 1 aliphatic carbocycles. The van der Waals surface area contributed by atoms with Crippen molar-refractivity contribution in [1.82, 2.24) is 10.3 Å². The van der Waals surface area contributed by atoms with E-state index in [-0.39, 0.29) is 0 Å². The molecule has 0 amide bonds. The summed E-state index contributed by atoms with van der Waals surface area (Å²) in [6.45, 7) is 2.07. The summed E-state index contributed by atoms with van der Waals surface area (Å²) >= 11 is 1.72. The van der Waals surface area contributed by atoms with E-state index >= 15 is 0 Å². The Kier molecular flexibility index (Phi) is 4.36. The highest BCUT2D eigenvalue weighted by molar-refractivity contribution is 7.09. The van der Waals surface area contributed by atoms with Crippen LogP contribution in [0.15, 0.2) is 23.4 Å². The molecule has 0 aromatic carbocycles. The van der Waals surface area contributed by atoms with Crippen molar-refractivity contribution in [3.05, 3.63) is 28.2 Å². The number of thiazole rings is 1. The number of nitrogens with zero attached hydrogens (tertiary/aromatic N) is 1. The van der Waals surface area contributed by atoms with E-state index in [0.717, 1.165) is 13.1 Å². The van der Waals surface area contributed by atoms with Crippen LogP contribution in [-0.2, 0) is 6.54 Å². The van der Waals surface area contributed by atoms with E-state index in [9.17, 15) is 0 Å². The Hall–Kier alpha value is -0.670. The second kappa shape index (κ2) is 6.03. The fourth-order valence-electron chi connectivity index (χ4n) is 1.92. The molecular weight excluding hydrogens is 204 g/mol. The second-order valence-corrected chi connectivity index (χ2v) is 4.97. The predicted octanol–water partition coefficient (Wildman–Crippen LogP) is 3.12. The topological polar surface area (TPSA) is 24.9 Å². The number of hydrogen-bond acceptors (Lipinski definition) is 3. The predicted molar refractivity (Wildman–Crippen MR) is 65.0 cm³/mol. The smallest absolute Gasteiger partial charge is 0.0794 e. The summed E-state index contributed by atoms with van der Waals surface area (Å²) in [6.07, 6.45) is 11.0. The van der Waals surface area contributed by atoms with E-state index in [4.69, 9.17) is 0 Å². The molecule has 3 heteroatoms. The van der Waals surface area contributed by atoms with Gasteiger partial charge >= 0.3 is 0 Å². The van der Waals surface area contributed by atoms with Crippen molar-refractivity contribution in [2.75, 3.05) is 6.54 Å². The molecule has 0 saturated heterocycles. The molecule has 0 spiro atoms. The van der Waals surface area contributed by atoms with Crippen molar-refractivity contribution in [3.8, 4) is 0 Å². The van der Waals surface area contributed by atoms with Crippen LogP contribution in [0.2, 0.25) is 0 Å². The third-order valence-electron chi connectivity index (χ3n) is 2.79. The maximum atomic E-state index is 4.06. The zero-order valence-electron chi connectivity index (χ0n) is 9.04. The van der Waals surface area contributed by atoms with Crippen LogP contribution < -0.4 is 5.32 Å². The Balaban J connectivity index is 1.60. The molecule has 0 unspecified atom stereocenters. The average Bonchev–Trinajstić information content (AvgIpc) is 2.79. The Bertz CT molecular complexity index is 303. The largest absolute Gasteiger partial charge is 0.311 e. The lowest BCUT2D eigenvalue weighted by atomic mass is 9.97. The molecular formula is C12H18N2S. The first-order valence-corrected chi connectivity index (χ1v) is 6.59. The van der Waals surface area contributed by atoms with Gasteiger partial charge < -0.3 is 5.32 Å². The van der Waals surface area contributed by atoms with E-state index < -0.39 is 0 Å². The van der Waals surface area contributed by atoms with E-state index in [1.54, 1.807) is 16.9 Å². The molecule has 2 nitrogen and oxygen atoms in total. The molecule has 82 valence electrons.